The maximum Gasteiger partial charge on any atom is 0.161 e. The standard InChI is InChI=1S/C18H23NO3/c1-14-4-3-5-16(12-14)21-10-11-22-18-13-15(8-9-19)6-7-17(18)20-2/h3-7,12-13H,8-11,19H2,1-2H3. The summed E-state index contributed by atoms with van der Waals surface area (Å²) in [5.74, 6) is 2.30. The van der Waals surface area contributed by atoms with Gasteiger partial charge in [-0.15, -0.1) is 0 Å². The van der Waals surface area contributed by atoms with Crippen LogP contribution in [-0.2, 0) is 6.42 Å². The topological polar surface area (TPSA) is 53.7 Å². The average Bonchev–Trinajstić information content (AvgIpc) is 2.52. The molecular formula is C18H23NO3. The summed E-state index contributed by atoms with van der Waals surface area (Å²) in [5.41, 5.74) is 7.90. The Labute approximate surface area is 131 Å². The van der Waals surface area contributed by atoms with Crippen molar-refractivity contribution in [2.24, 2.45) is 5.73 Å². The summed E-state index contributed by atoms with van der Waals surface area (Å²) in [4.78, 5) is 0. The predicted molar refractivity (Wildman–Crippen MR) is 87.9 cm³/mol. The number of hydrogen-bond acceptors (Lipinski definition) is 4. The van der Waals surface area contributed by atoms with Gasteiger partial charge in [0.15, 0.2) is 11.5 Å². The lowest BCUT2D eigenvalue weighted by atomic mass is 10.1. The Bertz CT molecular complexity index is 599. The van der Waals surface area contributed by atoms with Gasteiger partial charge in [-0.25, -0.2) is 0 Å². The molecule has 2 aromatic carbocycles. The second-order valence-corrected chi connectivity index (χ2v) is 5.04. The summed E-state index contributed by atoms with van der Waals surface area (Å²) < 4.78 is 16.8. The van der Waals surface area contributed by atoms with Gasteiger partial charge >= 0.3 is 0 Å². The lowest BCUT2D eigenvalue weighted by Gasteiger charge is -2.13. The average molecular weight is 301 g/mol. The van der Waals surface area contributed by atoms with Crippen molar-refractivity contribution < 1.29 is 14.2 Å². The van der Waals surface area contributed by atoms with Gasteiger partial charge in [-0.1, -0.05) is 18.2 Å². The number of ether oxygens (including phenoxy) is 3. The lowest BCUT2D eigenvalue weighted by molar-refractivity contribution is 0.211. The first-order chi connectivity index (χ1) is 10.7. The summed E-state index contributed by atoms with van der Waals surface area (Å²) in [5, 5.41) is 0. The van der Waals surface area contributed by atoms with Gasteiger partial charge in [0.2, 0.25) is 0 Å². The van der Waals surface area contributed by atoms with Crippen LogP contribution in [0.15, 0.2) is 42.5 Å². The number of hydrogen-bond donors (Lipinski definition) is 1. The SMILES string of the molecule is COc1ccc(CCN)cc1OCCOc1cccc(C)c1. The van der Waals surface area contributed by atoms with E-state index in [9.17, 15) is 0 Å². The Morgan fingerprint density at radius 1 is 0.955 bits per heavy atom. The van der Waals surface area contributed by atoms with Crippen molar-refractivity contribution in [2.75, 3.05) is 26.9 Å². The fraction of sp³-hybridized carbons (Fsp3) is 0.333. The van der Waals surface area contributed by atoms with Gasteiger partial charge in [0.05, 0.1) is 7.11 Å². The van der Waals surface area contributed by atoms with E-state index < -0.39 is 0 Å². The predicted octanol–water partition coefficient (Wildman–Crippen LogP) is 2.96. The zero-order chi connectivity index (χ0) is 15.8. The van der Waals surface area contributed by atoms with Gasteiger partial charge in [-0.3, -0.25) is 0 Å². The summed E-state index contributed by atoms with van der Waals surface area (Å²) in [6.07, 6.45) is 0.820. The lowest BCUT2D eigenvalue weighted by Crippen LogP contribution is -2.10. The van der Waals surface area contributed by atoms with Crippen molar-refractivity contribution in [3.05, 3.63) is 53.6 Å². The molecular weight excluding hydrogens is 278 g/mol. The van der Waals surface area contributed by atoms with Crippen LogP contribution in [0.5, 0.6) is 17.2 Å². The normalized spacial score (nSPS) is 10.3. The number of rotatable bonds is 8. The van der Waals surface area contributed by atoms with Crippen molar-refractivity contribution in [1.29, 1.82) is 0 Å². The van der Waals surface area contributed by atoms with E-state index in [1.807, 2.05) is 49.4 Å². The summed E-state index contributed by atoms with van der Waals surface area (Å²) in [6, 6.07) is 13.8. The Kier molecular flexibility index (Phi) is 6.10. The van der Waals surface area contributed by atoms with Crippen LogP contribution in [0.2, 0.25) is 0 Å². The highest BCUT2D eigenvalue weighted by Crippen LogP contribution is 2.28. The summed E-state index contributed by atoms with van der Waals surface area (Å²) in [7, 11) is 1.63. The molecule has 0 aliphatic rings. The zero-order valence-corrected chi connectivity index (χ0v) is 13.2. The number of methoxy groups -OCH3 is 1. The molecule has 0 unspecified atom stereocenters. The first-order valence-electron chi connectivity index (χ1n) is 7.42. The molecule has 0 aliphatic carbocycles. The van der Waals surface area contributed by atoms with E-state index in [4.69, 9.17) is 19.9 Å². The van der Waals surface area contributed by atoms with Crippen LogP contribution in [0.1, 0.15) is 11.1 Å². The minimum atomic E-state index is 0.455. The van der Waals surface area contributed by atoms with Crippen LogP contribution < -0.4 is 19.9 Å². The van der Waals surface area contributed by atoms with E-state index in [0.717, 1.165) is 29.2 Å². The Balaban J connectivity index is 1.89. The summed E-state index contributed by atoms with van der Waals surface area (Å²) in [6.45, 7) is 3.59. The molecule has 22 heavy (non-hydrogen) atoms. The largest absolute Gasteiger partial charge is 0.493 e. The van der Waals surface area contributed by atoms with E-state index in [1.165, 1.54) is 5.56 Å². The number of nitrogens with two attached hydrogens (primary N) is 1. The van der Waals surface area contributed by atoms with Crippen molar-refractivity contribution >= 4 is 0 Å². The minimum absolute atomic E-state index is 0.455. The molecule has 0 saturated heterocycles. The van der Waals surface area contributed by atoms with E-state index in [-0.39, 0.29) is 0 Å². The zero-order valence-electron chi connectivity index (χ0n) is 13.2. The minimum Gasteiger partial charge on any atom is -0.493 e. The fourth-order valence-electron chi connectivity index (χ4n) is 2.17. The third kappa shape index (κ3) is 4.67. The maximum absolute atomic E-state index is 5.78. The molecule has 2 rings (SSSR count). The van der Waals surface area contributed by atoms with E-state index in [0.29, 0.717) is 19.8 Å². The first kappa shape index (κ1) is 16.2. The van der Waals surface area contributed by atoms with Gasteiger partial charge in [-0.05, 0) is 55.3 Å². The maximum atomic E-state index is 5.78. The Morgan fingerprint density at radius 3 is 2.50 bits per heavy atom. The molecule has 4 nitrogen and oxygen atoms in total. The van der Waals surface area contributed by atoms with Crippen LogP contribution in [-0.4, -0.2) is 26.9 Å². The first-order valence-corrected chi connectivity index (χ1v) is 7.42. The molecule has 0 aromatic heterocycles. The van der Waals surface area contributed by atoms with Gasteiger partial charge in [0.1, 0.15) is 19.0 Å². The third-order valence-electron chi connectivity index (χ3n) is 3.26. The highest BCUT2D eigenvalue weighted by Gasteiger charge is 2.06. The molecule has 0 radical (unpaired) electrons. The quantitative estimate of drug-likeness (QED) is 0.762. The van der Waals surface area contributed by atoms with Gasteiger partial charge in [0, 0.05) is 0 Å². The highest BCUT2D eigenvalue weighted by molar-refractivity contribution is 5.43. The molecule has 0 heterocycles. The van der Waals surface area contributed by atoms with Gasteiger partial charge < -0.3 is 19.9 Å². The summed E-state index contributed by atoms with van der Waals surface area (Å²) >= 11 is 0. The molecule has 118 valence electrons. The molecule has 0 bridgehead atoms. The second kappa shape index (κ2) is 8.29. The second-order valence-electron chi connectivity index (χ2n) is 5.04. The molecule has 0 aliphatic heterocycles. The molecule has 2 aromatic rings. The van der Waals surface area contributed by atoms with E-state index >= 15 is 0 Å². The molecule has 0 spiro atoms. The molecule has 4 heteroatoms. The molecule has 2 N–H and O–H groups in total. The Morgan fingerprint density at radius 2 is 1.77 bits per heavy atom. The highest BCUT2D eigenvalue weighted by atomic mass is 16.5. The monoisotopic (exact) mass is 301 g/mol. The molecule has 0 fully saturated rings. The Hall–Kier alpha value is -2.20. The van der Waals surface area contributed by atoms with Crippen LogP contribution in [0.25, 0.3) is 0 Å². The van der Waals surface area contributed by atoms with E-state index in [2.05, 4.69) is 0 Å². The number of benzene rings is 2. The van der Waals surface area contributed by atoms with Crippen LogP contribution in [0, 0.1) is 6.92 Å². The van der Waals surface area contributed by atoms with Gasteiger partial charge in [0.25, 0.3) is 0 Å². The van der Waals surface area contributed by atoms with Crippen LogP contribution in [0.4, 0.5) is 0 Å². The van der Waals surface area contributed by atoms with Crippen molar-refractivity contribution in [3.63, 3.8) is 0 Å². The molecule has 0 saturated carbocycles. The number of aryl methyl sites for hydroxylation is 1. The smallest absolute Gasteiger partial charge is 0.161 e. The van der Waals surface area contributed by atoms with Crippen molar-refractivity contribution in [3.8, 4) is 17.2 Å². The van der Waals surface area contributed by atoms with E-state index in [1.54, 1.807) is 7.11 Å². The van der Waals surface area contributed by atoms with Crippen LogP contribution in [0.3, 0.4) is 0 Å². The molecule has 0 atom stereocenters. The molecule has 0 amide bonds. The fourth-order valence-corrected chi connectivity index (χ4v) is 2.17. The van der Waals surface area contributed by atoms with Crippen molar-refractivity contribution in [1.82, 2.24) is 0 Å². The van der Waals surface area contributed by atoms with Gasteiger partial charge in [-0.2, -0.15) is 0 Å². The third-order valence-corrected chi connectivity index (χ3v) is 3.26. The van der Waals surface area contributed by atoms with Crippen LogP contribution >= 0.6 is 0 Å². The van der Waals surface area contributed by atoms with Crippen molar-refractivity contribution in [2.45, 2.75) is 13.3 Å².